The highest BCUT2D eigenvalue weighted by atomic mass is 16.2. The number of nitrogens with zero attached hydrogens (tertiary/aromatic N) is 3. The van der Waals surface area contributed by atoms with E-state index in [1.54, 1.807) is 0 Å². The zero-order chi connectivity index (χ0) is 26.0. The minimum atomic E-state index is -1.19. The molecule has 190 valence electrons. The molecule has 2 aliphatic heterocycles. The molecule has 5 rings (SSSR count). The van der Waals surface area contributed by atoms with Gasteiger partial charge in [-0.2, -0.15) is 0 Å². The van der Waals surface area contributed by atoms with E-state index in [1.165, 1.54) is 4.90 Å². The smallest absolute Gasteiger partial charge is 0.241 e. The minimum absolute atomic E-state index is 0.00756. The van der Waals surface area contributed by atoms with Crippen LogP contribution in [0, 0.1) is 6.92 Å². The first kappa shape index (κ1) is 24.8. The van der Waals surface area contributed by atoms with Gasteiger partial charge in [0.2, 0.25) is 17.7 Å². The van der Waals surface area contributed by atoms with Gasteiger partial charge in [-0.25, -0.2) is 0 Å². The van der Waals surface area contributed by atoms with E-state index in [2.05, 4.69) is 24.0 Å². The summed E-state index contributed by atoms with van der Waals surface area (Å²) in [5.41, 5.74) is 2.53. The molecule has 0 aliphatic carbocycles. The molecular weight excluding hydrogens is 462 g/mol. The molecule has 3 aromatic carbocycles. The summed E-state index contributed by atoms with van der Waals surface area (Å²) in [7, 11) is 0. The highest BCUT2D eigenvalue weighted by Gasteiger charge is 2.54. The van der Waals surface area contributed by atoms with Crippen LogP contribution in [0.5, 0.6) is 0 Å². The molecule has 2 saturated heterocycles. The zero-order valence-corrected chi connectivity index (χ0v) is 21.5. The molecule has 2 heterocycles. The lowest BCUT2D eigenvalue weighted by atomic mass is 9.73. The molecule has 3 amide bonds. The summed E-state index contributed by atoms with van der Waals surface area (Å²) in [5.74, 6) is -0.586. The SMILES string of the molecule is Cc1ccccc1[C@@]1(CC(=O)N2CCN(c3ccccc3)C[C@H]2C)CC(=O)N(Cc2ccccc2)C1=O. The molecule has 0 radical (unpaired) electrons. The number of hydrogen-bond acceptors (Lipinski definition) is 4. The van der Waals surface area contributed by atoms with Gasteiger partial charge < -0.3 is 9.80 Å². The quantitative estimate of drug-likeness (QED) is 0.478. The fourth-order valence-corrected chi connectivity index (χ4v) is 5.84. The number of carbonyl (C=O) groups is 3. The lowest BCUT2D eigenvalue weighted by Crippen LogP contribution is -2.55. The van der Waals surface area contributed by atoms with Crippen molar-refractivity contribution in [3.05, 3.63) is 102 Å². The lowest BCUT2D eigenvalue weighted by molar-refractivity contribution is -0.144. The normalized spacial score (nSPS) is 22.0. The Labute approximate surface area is 218 Å². The van der Waals surface area contributed by atoms with Gasteiger partial charge in [0.15, 0.2) is 0 Å². The zero-order valence-electron chi connectivity index (χ0n) is 21.5. The van der Waals surface area contributed by atoms with Gasteiger partial charge in [-0.15, -0.1) is 0 Å². The third-order valence-corrected chi connectivity index (χ3v) is 7.77. The fourth-order valence-electron chi connectivity index (χ4n) is 5.84. The number of amides is 3. The number of carbonyl (C=O) groups excluding carboxylic acids is 3. The first-order valence-electron chi connectivity index (χ1n) is 12.9. The third-order valence-electron chi connectivity index (χ3n) is 7.77. The summed E-state index contributed by atoms with van der Waals surface area (Å²) >= 11 is 0. The Bertz CT molecular complexity index is 1290. The molecule has 0 saturated carbocycles. The van der Waals surface area contributed by atoms with Crippen LogP contribution in [-0.4, -0.2) is 53.2 Å². The Morgan fingerprint density at radius 3 is 2.22 bits per heavy atom. The largest absolute Gasteiger partial charge is 0.368 e. The van der Waals surface area contributed by atoms with E-state index in [0.29, 0.717) is 6.54 Å². The maximum atomic E-state index is 14.1. The minimum Gasteiger partial charge on any atom is -0.368 e. The second-order valence-electron chi connectivity index (χ2n) is 10.2. The maximum absolute atomic E-state index is 14.1. The summed E-state index contributed by atoms with van der Waals surface area (Å²) in [6.45, 7) is 6.24. The topological polar surface area (TPSA) is 60.9 Å². The fraction of sp³-hybridized carbons (Fsp3) is 0.323. The Hall–Kier alpha value is -3.93. The van der Waals surface area contributed by atoms with E-state index in [9.17, 15) is 14.4 Å². The lowest BCUT2D eigenvalue weighted by Gasteiger charge is -2.42. The van der Waals surface area contributed by atoms with Crippen LogP contribution < -0.4 is 4.90 Å². The van der Waals surface area contributed by atoms with E-state index in [1.807, 2.05) is 84.6 Å². The average molecular weight is 496 g/mol. The Morgan fingerprint density at radius 1 is 0.892 bits per heavy atom. The van der Waals surface area contributed by atoms with Gasteiger partial charge in [0, 0.05) is 44.2 Å². The van der Waals surface area contributed by atoms with Crippen molar-refractivity contribution in [2.24, 2.45) is 0 Å². The molecule has 0 unspecified atom stereocenters. The number of imide groups is 1. The summed E-state index contributed by atoms with van der Waals surface area (Å²) in [5, 5.41) is 0. The van der Waals surface area contributed by atoms with Crippen molar-refractivity contribution in [2.45, 2.75) is 44.7 Å². The molecule has 2 fully saturated rings. The molecule has 3 aromatic rings. The number of likely N-dealkylation sites (tertiary alicyclic amines) is 1. The average Bonchev–Trinajstić information content (AvgIpc) is 3.14. The Balaban J connectivity index is 1.41. The van der Waals surface area contributed by atoms with Gasteiger partial charge in [-0.3, -0.25) is 19.3 Å². The van der Waals surface area contributed by atoms with E-state index < -0.39 is 5.41 Å². The number of piperazine rings is 1. The summed E-state index contributed by atoms with van der Waals surface area (Å²) in [4.78, 5) is 46.7. The van der Waals surface area contributed by atoms with Crippen LogP contribution in [-0.2, 0) is 26.3 Å². The van der Waals surface area contributed by atoms with Crippen molar-refractivity contribution in [1.29, 1.82) is 0 Å². The molecule has 2 atom stereocenters. The van der Waals surface area contributed by atoms with Gasteiger partial charge in [-0.1, -0.05) is 72.8 Å². The van der Waals surface area contributed by atoms with E-state index in [4.69, 9.17) is 0 Å². The van der Waals surface area contributed by atoms with Crippen molar-refractivity contribution in [1.82, 2.24) is 9.80 Å². The molecule has 37 heavy (non-hydrogen) atoms. The van der Waals surface area contributed by atoms with Crippen molar-refractivity contribution in [2.75, 3.05) is 24.5 Å². The molecule has 6 nitrogen and oxygen atoms in total. The number of para-hydroxylation sites is 1. The van der Waals surface area contributed by atoms with Gasteiger partial charge in [0.25, 0.3) is 0 Å². The summed E-state index contributed by atoms with van der Waals surface area (Å²) in [6.07, 6.45) is -0.00296. The maximum Gasteiger partial charge on any atom is 0.241 e. The van der Waals surface area contributed by atoms with Crippen LogP contribution in [0.2, 0.25) is 0 Å². The second-order valence-corrected chi connectivity index (χ2v) is 10.2. The molecular formula is C31H33N3O3. The van der Waals surface area contributed by atoms with Gasteiger partial charge >= 0.3 is 0 Å². The number of benzene rings is 3. The number of hydrogen-bond donors (Lipinski definition) is 0. The van der Waals surface area contributed by atoms with Crippen LogP contribution in [0.15, 0.2) is 84.9 Å². The van der Waals surface area contributed by atoms with Crippen molar-refractivity contribution in [3.8, 4) is 0 Å². The standard InChI is InChI=1S/C31H33N3O3/c1-23-11-9-10-16-27(23)31(20-29(36)34(30(31)37)22-25-12-5-3-6-13-25)19-28(35)33-18-17-32(21-24(33)2)26-14-7-4-8-15-26/h3-16,24H,17-22H2,1-2H3/t24-,31-/m1/s1. The van der Waals surface area contributed by atoms with Gasteiger partial charge in [0.05, 0.1) is 12.0 Å². The van der Waals surface area contributed by atoms with Crippen molar-refractivity contribution < 1.29 is 14.4 Å². The highest BCUT2D eigenvalue weighted by Crippen LogP contribution is 2.42. The number of anilines is 1. The highest BCUT2D eigenvalue weighted by molar-refractivity contribution is 6.11. The van der Waals surface area contributed by atoms with Crippen LogP contribution in [0.4, 0.5) is 5.69 Å². The molecule has 0 spiro atoms. The van der Waals surface area contributed by atoms with Crippen LogP contribution in [0.1, 0.15) is 36.5 Å². The van der Waals surface area contributed by atoms with Crippen LogP contribution >= 0.6 is 0 Å². The predicted octanol–water partition coefficient (Wildman–Crippen LogP) is 4.32. The molecule has 0 bridgehead atoms. The monoisotopic (exact) mass is 495 g/mol. The first-order valence-corrected chi connectivity index (χ1v) is 12.9. The van der Waals surface area contributed by atoms with Gasteiger partial charge in [-0.05, 0) is 42.7 Å². The molecule has 0 aromatic heterocycles. The number of rotatable bonds is 6. The third kappa shape index (κ3) is 4.76. The van der Waals surface area contributed by atoms with Crippen molar-refractivity contribution >= 4 is 23.4 Å². The summed E-state index contributed by atoms with van der Waals surface area (Å²) < 4.78 is 0. The Kier molecular flexibility index (Phi) is 6.83. The Morgan fingerprint density at radius 2 is 1.54 bits per heavy atom. The number of aryl methyl sites for hydroxylation is 1. The second kappa shape index (κ2) is 10.2. The predicted molar refractivity (Wildman–Crippen MR) is 144 cm³/mol. The molecule has 0 N–H and O–H groups in total. The molecule has 2 aliphatic rings. The van der Waals surface area contributed by atoms with Crippen LogP contribution in [0.3, 0.4) is 0 Å². The van der Waals surface area contributed by atoms with E-state index in [-0.39, 0.29) is 43.1 Å². The van der Waals surface area contributed by atoms with E-state index in [0.717, 1.165) is 35.5 Å². The van der Waals surface area contributed by atoms with Crippen molar-refractivity contribution in [3.63, 3.8) is 0 Å². The van der Waals surface area contributed by atoms with Gasteiger partial charge in [0.1, 0.15) is 0 Å². The van der Waals surface area contributed by atoms with E-state index >= 15 is 0 Å². The van der Waals surface area contributed by atoms with Crippen LogP contribution in [0.25, 0.3) is 0 Å². The first-order chi connectivity index (χ1) is 17.9. The summed E-state index contributed by atoms with van der Waals surface area (Å²) in [6, 6.07) is 27.4. The molecule has 6 heteroatoms.